The second-order valence-corrected chi connectivity index (χ2v) is 9.06. The van der Waals surface area contributed by atoms with Crippen molar-refractivity contribution in [1.29, 1.82) is 0 Å². The lowest BCUT2D eigenvalue weighted by atomic mass is 10.1. The molecule has 0 saturated heterocycles. The average Bonchev–Trinajstić information content (AvgIpc) is 3.36. The molecule has 0 unspecified atom stereocenters. The van der Waals surface area contributed by atoms with Gasteiger partial charge in [0.05, 0.1) is 22.7 Å². The molecule has 1 saturated carbocycles. The monoisotopic (exact) mass is 468 g/mol. The summed E-state index contributed by atoms with van der Waals surface area (Å²) in [5.41, 5.74) is 0.874. The number of benzene rings is 1. The summed E-state index contributed by atoms with van der Waals surface area (Å²) >= 11 is 13.3. The molecule has 0 radical (unpaired) electrons. The Morgan fingerprint density at radius 1 is 1.23 bits per heavy atom. The molecule has 1 aliphatic rings. The molecule has 2 N–H and O–H groups in total. The van der Waals surface area contributed by atoms with Crippen LogP contribution in [0.15, 0.2) is 23.6 Å². The zero-order chi connectivity index (χ0) is 21.8. The predicted molar refractivity (Wildman–Crippen MR) is 118 cm³/mol. The van der Waals surface area contributed by atoms with Crippen LogP contribution in [0.1, 0.15) is 42.7 Å². The number of anilines is 1. The Kier molecular flexibility index (Phi) is 7.33. The van der Waals surface area contributed by atoms with Gasteiger partial charge in [0.25, 0.3) is 5.91 Å². The van der Waals surface area contributed by atoms with E-state index in [0.29, 0.717) is 21.9 Å². The van der Waals surface area contributed by atoms with E-state index in [2.05, 4.69) is 15.6 Å². The van der Waals surface area contributed by atoms with Crippen LogP contribution in [0, 0.1) is 0 Å². The molecule has 7 nitrogen and oxygen atoms in total. The molecule has 10 heteroatoms. The van der Waals surface area contributed by atoms with Gasteiger partial charge in [0.15, 0.2) is 5.13 Å². The van der Waals surface area contributed by atoms with Crippen LogP contribution in [0.5, 0.6) is 0 Å². The topological polar surface area (TPSA) is 91.4 Å². The summed E-state index contributed by atoms with van der Waals surface area (Å²) in [4.78, 5) is 43.0. The highest BCUT2D eigenvalue weighted by Crippen LogP contribution is 2.23. The number of carbonyl (C=O) groups is 3. The summed E-state index contributed by atoms with van der Waals surface area (Å²) < 4.78 is 0. The standard InChI is InChI=1S/C20H22Cl2N4O3S/c1-11(2)26(19(29)15-6-3-12(21)7-16(15)22)9-18(28)25-20-24-14(10-30-20)8-17(27)23-13-4-5-13/h3,6-7,10-11,13H,4-5,8-9H2,1-2H3,(H,23,27)(H,24,25,28). The number of amides is 3. The summed E-state index contributed by atoms with van der Waals surface area (Å²) in [7, 11) is 0. The number of rotatable bonds is 8. The Balaban J connectivity index is 1.60. The van der Waals surface area contributed by atoms with Crippen LogP contribution < -0.4 is 10.6 Å². The van der Waals surface area contributed by atoms with Gasteiger partial charge in [-0.15, -0.1) is 11.3 Å². The summed E-state index contributed by atoms with van der Waals surface area (Å²) in [6.45, 7) is 3.47. The fourth-order valence-corrected chi connectivity index (χ4v) is 3.95. The summed E-state index contributed by atoms with van der Waals surface area (Å²) in [5.74, 6) is -0.819. The van der Waals surface area contributed by atoms with E-state index in [9.17, 15) is 14.4 Å². The molecule has 1 aliphatic carbocycles. The third-order valence-electron chi connectivity index (χ3n) is 4.44. The highest BCUT2D eigenvalue weighted by Gasteiger charge is 2.25. The maximum atomic E-state index is 12.9. The molecular weight excluding hydrogens is 447 g/mol. The Labute approximate surface area is 188 Å². The number of halogens is 2. The zero-order valence-electron chi connectivity index (χ0n) is 16.6. The van der Waals surface area contributed by atoms with E-state index in [1.54, 1.807) is 17.5 Å². The van der Waals surface area contributed by atoms with E-state index in [-0.39, 0.29) is 47.3 Å². The van der Waals surface area contributed by atoms with E-state index in [1.165, 1.54) is 22.3 Å². The normalized spacial score (nSPS) is 13.2. The van der Waals surface area contributed by atoms with Crippen molar-refractivity contribution in [2.75, 3.05) is 11.9 Å². The van der Waals surface area contributed by atoms with Crippen molar-refractivity contribution < 1.29 is 14.4 Å². The highest BCUT2D eigenvalue weighted by atomic mass is 35.5. The zero-order valence-corrected chi connectivity index (χ0v) is 18.9. The molecule has 160 valence electrons. The van der Waals surface area contributed by atoms with Crippen molar-refractivity contribution in [2.45, 2.75) is 45.2 Å². The van der Waals surface area contributed by atoms with Crippen LogP contribution in [0.4, 0.5) is 5.13 Å². The minimum Gasteiger partial charge on any atom is -0.353 e. The first-order valence-corrected chi connectivity index (χ1v) is 11.2. The second-order valence-electron chi connectivity index (χ2n) is 7.36. The van der Waals surface area contributed by atoms with E-state index in [0.717, 1.165) is 12.8 Å². The van der Waals surface area contributed by atoms with Gasteiger partial charge in [-0.25, -0.2) is 4.98 Å². The van der Waals surface area contributed by atoms with Gasteiger partial charge in [-0.2, -0.15) is 0 Å². The molecule has 1 heterocycles. The Morgan fingerprint density at radius 2 is 1.97 bits per heavy atom. The van der Waals surface area contributed by atoms with Crippen LogP contribution in [0.2, 0.25) is 10.0 Å². The molecule has 30 heavy (non-hydrogen) atoms. The van der Waals surface area contributed by atoms with E-state index in [1.807, 2.05) is 13.8 Å². The van der Waals surface area contributed by atoms with Gasteiger partial charge in [0.2, 0.25) is 11.8 Å². The fraction of sp³-hybridized carbons (Fsp3) is 0.400. The van der Waals surface area contributed by atoms with E-state index < -0.39 is 0 Å². The smallest absolute Gasteiger partial charge is 0.256 e. The third kappa shape index (κ3) is 6.17. The first kappa shape index (κ1) is 22.5. The van der Waals surface area contributed by atoms with Crippen molar-refractivity contribution in [3.8, 4) is 0 Å². The van der Waals surface area contributed by atoms with Gasteiger partial charge in [-0.05, 0) is 44.9 Å². The SMILES string of the molecule is CC(C)N(CC(=O)Nc1nc(CC(=O)NC2CC2)cs1)C(=O)c1ccc(Cl)cc1Cl. The molecule has 0 aliphatic heterocycles. The maximum absolute atomic E-state index is 12.9. The summed E-state index contributed by atoms with van der Waals surface area (Å²) in [6.07, 6.45) is 2.22. The minimum atomic E-state index is -0.384. The minimum absolute atomic E-state index is 0.0721. The van der Waals surface area contributed by atoms with Crippen LogP contribution in [-0.4, -0.2) is 46.2 Å². The van der Waals surface area contributed by atoms with Crippen LogP contribution in [0.3, 0.4) is 0 Å². The molecule has 0 atom stereocenters. The van der Waals surface area contributed by atoms with Gasteiger partial charge < -0.3 is 15.5 Å². The number of aromatic nitrogens is 1. The molecule has 0 spiro atoms. The Morgan fingerprint density at radius 3 is 2.60 bits per heavy atom. The molecule has 3 amide bonds. The number of nitrogens with zero attached hydrogens (tertiary/aromatic N) is 2. The maximum Gasteiger partial charge on any atom is 0.256 e. The van der Waals surface area contributed by atoms with Crippen LogP contribution in [-0.2, 0) is 16.0 Å². The van der Waals surface area contributed by atoms with Gasteiger partial charge >= 0.3 is 0 Å². The van der Waals surface area contributed by atoms with E-state index >= 15 is 0 Å². The molecule has 1 aromatic carbocycles. The average molecular weight is 469 g/mol. The fourth-order valence-electron chi connectivity index (χ4n) is 2.74. The number of hydrogen-bond donors (Lipinski definition) is 2. The van der Waals surface area contributed by atoms with Gasteiger partial charge in [0, 0.05) is 22.5 Å². The van der Waals surface area contributed by atoms with Crippen molar-refractivity contribution in [1.82, 2.24) is 15.2 Å². The van der Waals surface area contributed by atoms with E-state index in [4.69, 9.17) is 23.2 Å². The van der Waals surface area contributed by atoms with Crippen molar-refractivity contribution in [2.24, 2.45) is 0 Å². The number of hydrogen-bond acceptors (Lipinski definition) is 5. The second kappa shape index (κ2) is 9.76. The Bertz CT molecular complexity index is 959. The lowest BCUT2D eigenvalue weighted by Crippen LogP contribution is -2.42. The largest absolute Gasteiger partial charge is 0.353 e. The molecule has 0 bridgehead atoms. The van der Waals surface area contributed by atoms with Gasteiger partial charge in [-0.3, -0.25) is 14.4 Å². The van der Waals surface area contributed by atoms with Crippen LogP contribution in [0.25, 0.3) is 0 Å². The van der Waals surface area contributed by atoms with Crippen molar-refractivity contribution in [3.05, 3.63) is 44.9 Å². The van der Waals surface area contributed by atoms with Gasteiger partial charge in [0.1, 0.15) is 6.54 Å². The summed E-state index contributed by atoms with van der Waals surface area (Å²) in [5, 5.41) is 8.37. The van der Waals surface area contributed by atoms with Crippen LogP contribution >= 0.6 is 34.5 Å². The van der Waals surface area contributed by atoms with Crippen molar-refractivity contribution >= 4 is 57.4 Å². The quantitative estimate of drug-likeness (QED) is 0.616. The van der Waals surface area contributed by atoms with Crippen molar-refractivity contribution in [3.63, 3.8) is 0 Å². The summed E-state index contributed by atoms with van der Waals surface area (Å²) in [6, 6.07) is 4.68. The number of thiazole rings is 1. The molecular formula is C20H22Cl2N4O3S. The number of nitrogens with one attached hydrogen (secondary N) is 2. The molecule has 1 aromatic heterocycles. The first-order valence-electron chi connectivity index (χ1n) is 9.52. The molecule has 3 rings (SSSR count). The first-order chi connectivity index (χ1) is 14.2. The molecule has 2 aromatic rings. The highest BCUT2D eigenvalue weighted by molar-refractivity contribution is 7.13. The van der Waals surface area contributed by atoms with Gasteiger partial charge in [-0.1, -0.05) is 23.2 Å². The number of carbonyl (C=O) groups excluding carboxylic acids is 3. The predicted octanol–water partition coefficient (Wildman–Crippen LogP) is 3.76. The third-order valence-corrected chi connectivity index (χ3v) is 5.80. The Hall–Kier alpha value is -2.16. The molecule has 1 fully saturated rings. The lowest BCUT2D eigenvalue weighted by Gasteiger charge is -2.26. The lowest BCUT2D eigenvalue weighted by molar-refractivity contribution is -0.120.